The summed E-state index contributed by atoms with van der Waals surface area (Å²) in [5, 5.41) is 5.81. The lowest BCUT2D eigenvalue weighted by molar-refractivity contribution is -0.120. The van der Waals surface area contributed by atoms with Gasteiger partial charge in [-0.3, -0.25) is 9.59 Å². The molecule has 0 saturated carbocycles. The minimum absolute atomic E-state index is 0.111. The molecule has 1 saturated heterocycles. The lowest BCUT2D eigenvalue weighted by Crippen LogP contribution is -2.40. The first-order valence-corrected chi connectivity index (χ1v) is 4.99. The zero-order valence-electron chi connectivity index (χ0n) is 9.09. The normalized spacial score (nSPS) is 16.5. The molecule has 0 radical (unpaired) electrons. The van der Waals surface area contributed by atoms with Gasteiger partial charge in [-0.25, -0.2) is 0 Å². The van der Waals surface area contributed by atoms with Crippen molar-refractivity contribution in [3.63, 3.8) is 0 Å². The van der Waals surface area contributed by atoms with Crippen molar-refractivity contribution in [2.24, 2.45) is 5.73 Å². The zero-order chi connectivity index (χ0) is 11.4. The smallest absolute Gasteiger partial charge is 0.247 e. The van der Waals surface area contributed by atoms with E-state index in [4.69, 9.17) is 5.73 Å². The fourth-order valence-corrected chi connectivity index (χ4v) is 1.36. The number of rotatable bonds is 4. The summed E-state index contributed by atoms with van der Waals surface area (Å²) >= 11 is 0. The Labute approximate surface area is 89.1 Å². The Bertz CT molecular complexity index is 304. The van der Waals surface area contributed by atoms with Crippen molar-refractivity contribution < 1.29 is 9.59 Å². The van der Waals surface area contributed by atoms with Crippen LogP contribution >= 0.6 is 0 Å². The van der Waals surface area contributed by atoms with E-state index in [2.05, 4.69) is 10.6 Å². The molecule has 1 unspecified atom stereocenters. The average Bonchev–Trinajstić information content (AvgIpc) is 1.98. The highest BCUT2D eigenvalue weighted by molar-refractivity contribution is 5.94. The maximum atomic E-state index is 11.6. The van der Waals surface area contributed by atoms with Gasteiger partial charge in [0.05, 0.1) is 0 Å². The molecule has 15 heavy (non-hydrogen) atoms. The Kier molecular flexibility index (Phi) is 3.85. The molecule has 0 spiro atoms. The second-order valence-electron chi connectivity index (χ2n) is 3.88. The highest BCUT2D eigenvalue weighted by Crippen LogP contribution is 2.08. The summed E-state index contributed by atoms with van der Waals surface area (Å²) in [5.41, 5.74) is 6.89. The van der Waals surface area contributed by atoms with Gasteiger partial charge in [0.15, 0.2) is 0 Å². The first-order valence-electron chi connectivity index (χ1n) is 4.99. The third-order valence-corrected chi connectivity index (χ3v) is 2.43. The van der Waals surface area contributed by atoms with E-state index in [9.17, 15) is 9.59 Å². The topological polar surface area (TPSA) is 84.2 Å². The van der Waals surface area contributed by atoms with Crippen LogP contribution in [0.3, 0.4) is 0 Å². The summed E-state index contributed by atoms with van der Waals surface area (Å²) in [6, 6.07) is -0.210. The number of carbonyl (C=O) groups is 2. The molecule has 1 aliphatic heterocycles. The van der Waals surface area contributed by atoms with Crippen molar-refractivity contribution in [3.8, 4) is 0 Å². The monoisotopic (exact) mass is 211 g/mol. The lowest BCUT2D eigenvalue weighted by atomic mass is 10.0. The van der Waals surface area contributed by atoms with Gasteiger partial charge in [-0.2, -0.15) is 0 Å². The molecule has 1 heterocycles. The molecule has 5 heteroatoms. The second-order valence-corrected chi connectivity index (χ2v) is 3.88. The van der Waals surface area contributed by atoms with E-state index >= 15 is 0 Å². The summed E-state index contributed by atoms with van der Waals surface area (Å²) in [6.07, 6.45) is 0.173. The first-order chi connectivity index (χ1) is 7.00. The SMILES string of the molecule is CC(C(=O)NC(C)CC(N)=O)=C1CNC1. The minimum Gasteiger partial charge on any atom is -0.370 e. The molecule has 4 N–H and O–H groups in total. The van der Waals surface area contributed by atoms with E-state index in [0.29, 0.717) is 0 Å². The predicted molar refractivity (Wildman–Crippen MR) is 57.0 cm³/mol. The Morgan fingerprint density at radius 3 is 2.53 bits per heavy atom. The molecular formula is C10H17N3O2. The van der Waals surface area contributed by atoms with E-state index in [1.54, 1.807) is 13.8 Å². The number of amides is 2. The van der Waals surface area contributed by atoms with Crippen LogP contribution < -0.4 is 16.4 Å². The Morgan fingerprint density at radius 2 is 2.13 bits per heavy atom. The molecule has 0 aromatic rings. The number of nitrogens with two attached hydrogens (primary N) is 1. The maximum Gasteiger partial charge on any atom is 0.247 e. The van der Waals surface area contributed by atoms with E-state index in [-0.39, 0.29) is 18.4 Å². The van der Waals surface area contributed by atoms with Gasteiger partial charge in [-0.05, 0) is 19.4 Å². The minimum atomic E-state index is -0.404. The number of hydrogen-bond acceptors (Lipinski definition) is 3. The summed E-state index contributed by atoms with van der Waals surface area (Å²) in [4.78, 5) is 22.2. The summed E-state index contributed by atoms with van der Waals surface area (Å²) in [7, 11) is 0. The summed E-state index contributed by atoms with van der Waals surface area (Å²) in [5.74, 6) is -0.515. The van der Waals surface area contributed by atoms with Crippen LogP contribution in [0, 0.1) is 0 Å². The van der Waals surface area contributed by atoms with Crippen LogP contribution in [0.5, 0.6) is 0 Å². The van der Waals surface area contributed by atoms with Crippen molar-refractivity contribution >= 4 is 11.8 Å². The molecule has 0 aromatic heterocycles. The molecule has 0 bridgehead atoms. The second kappa shape index (κ2) is 4.93. The third-order valence-electron chi connectivity index (χ3n) is 2.43. The van der Waals surface area contributed by atoms with E-state index < -0.39 is 5.91 Å². The molecule has 0 aromatic carbocycles. The zero-order valence-corrected chi connectivity index (χ0v) is 9.09. The fourth-order valence-electron chi connectivity index (χ4n) is 1.36. The van der Waals surface area contributed by atoms with E-state index in [1.165, 1.54) is 0 Å². The molecule has 5 nitrogen and oxygen atoms in total. The molecule has 0 aliphatic carbocycles. The van der Waals surface area contributed by atoms with Crippen LogP contribution in [-0.4, -0.2) is 30.9 Å². The van der Waals surface area contributed by atoms with Crippen LogP contribution in [0.1, 0.15) is 20.3 Å². The van der Waals surface area contributed by atoms with Gasteiger partial charge in [-0.1, -0.05) is 0 Å². The van der Waals surface area contributed by atoms with Gasteiger partial charge in [0.2, 0.25) is 11.8 Å². The largest absolute Gasteiger partial charge is 0.370 e. The van der Waals surface area contributed by atoms with Crippen LogP contribution in [0.2, 0.25) is 0 Å². The molecule has 84 valence electrons. The van der Waals surface area contributed by atoms with Crippen LogP contribution in [-0.2, 0) is 9.59 Å². The molecule has 1 atom stereocenters. The molecule has 1 aliphatic rings. The Hall–Kier alpha value is -1.36. The van der Waals surface area contributed by atoms with Crippen LogP contribution in [0.4, 0.5) is 0 Å². The molecular weight excluding hydrogens is 194 g/mol. The molecule has 1 fully saturated rings. The van der Waals surface area contributed by atoms with Gasteiger partial charge in [0.25, 0.3) is 0 Å². The average molecular weight is 211 g/mol. The standard InChI is InChI=1S/C10H17N3O2/c1-6(3-9(11)14)13-10(15)7(2)8-4-12-5-8/h6,12H,3-5H2,1-2H3,(H2,11,14)(H,13,15). The Balaban J connectivity index is 2.44. The first kappa shape index (κ1) is 11.7. The maximum absolute atomic E-state index is 11.6. The van der Waals surface area contributed by atoms with E-state index in [1.807, 2.05) is 0 Å². The van der Waals surface area contributed by atoms with Crippen molar-refractivity contribution in [3.05, 3.63) is 11.1 Å². The van der Waals surface area contributed by atoms with Gasteiger partial charge in [-0.15, -0.1) is 0 Å². The third kappa shape index (κ3) is 3.36. The quantitative estimate of drug-likeness (QED) is 0.537. The van der Waals surface area contributed by atoms with Gasteiger partial charge in [0, 0.05) is 31.1 Å². The summed E-state index contributed by atoms with van der Waals surface area (Å²) < 4.78 is 0. The van der Waals surface area contributed by atoms with E-state index in [0.717, 1.165) is 24.2 Å². The number of hydrogen-bond donors (Lipinski definition) is 3. The number of carbonyl (C=O) groups excluding carboxylic acids is 2. The van der Waals surface area contributed by atoms with Crippen LogP contribution in [0.25, 0.3) is 0 Å². The van der Waals surface area contributed by atoms with Crippen LogP contribution in [0.15, 0.2) is 11.1 Å². The van der Waals surface area contributed by atoms with Crippen molar-refractivity contribution in [2.45, 2.75) is 26.3 Å². The van der Waals surface area contributed by atoms with Gasteiger partial charge >= 0.3 is 0 Å². The fraction of sp³-hybridized carbons (Fsp3) is 0.600. The van der Waals surface area contributed by atoms with Gasteiger partial charge in [0.1, 0.15) is 0 Å². The lowest BCUT2D eigenvalue weighted by Gasteiger charge is -2.22. The Morgan fingerprint density at radius 1 is 1.53 bits per heavy atom. The predicted octanol–water partition coefficient (Wildman–Crippen LogP) is -0.714. The van der Waals surface area contributed by atoms with Crippen molar-refractivity contribution in [1.29, 1.82) is 0 Å². The number of primary amides is 1. The highest BCUT2D eigenvalue weighted by Gasteiger charge is 2.17. The number of nitrogens with one attached hydrogen (secondary N) is 2. The molecule has 2 amide bonds. The van der Waals surface area contributed by atoms with Gasteiger partial charge < -0.3 is 16.4 Å². The van der Waals surface area contributed by atoms with Crippen molar-refractivity contribution in [1.82, 2.24) is 10.6 Å². The molecule has 1 rings (SSSR count). The summed E-state index contributed by atoms with van der Waals surface area (Å²) in [6.45, 7) is 5.12. The van der Waals surface area contributed by atoms with Crippen molar-refractivity contribution in [2.75, 3.05) is 13.1 Å². The highest BCUT2D eigenvalue weighted by atomic mass is 16.2.